The van der Waals surface area contributed by atoms with E-state index < -0.39 is 0 Å². The Labute approximate surface area is 242 Å². The molecular weight excluding hydrogens is 504 g/mol. The van der Waals surface area contributed by atoms with E-state index in [0.717, 1.165) is 19.3 Å². The van der Waals surface area contributed by atoms with Crippen LogP contribution in [0.1, 0.15) is 102 Å². The number of carbonyl (C=O) groups excluding carboxylic acids is 3. The van der Waals surface area contributed by atoms with Gasteiger partial charge in [0.25, 0.3) is 0 Å². The zero-order valence-electron chi connectivity index (χ0n) is 27.3. The van der Waals surface area contributed by atoms with Crippen LogP contribution in [0.25, 0.3) is 0 Å². The van der Waals surface area contributed by atoms with Crippen LogP contribution in [0.4, 0.5) is 0 Å². The quantitative estimate of drug-likeness (QED) is 0.257. The van der Waals surface area contributed by atoms with Gasteiger partial charge in [0.05, 0.1) is 17.8 Å². The highest BCUT2D eigenvalue weighted by molar-refractivity contribution is 5.82. The van der Waals surface area contributed by atoms with Crippen LogP contribution in [0.3, 0.4) is 0 Å². The normalized spacial score (nSPS) is 31.4. The second kappa shape index (κ2) is 10.8. The number of carbonyl (C=O) groups is 3. The lowest BCUT2D eigenvalue weighted by Gasteiger charge is -2.30. The van der Waals surface area contributed by atoms with Crippen LogP contribution in [0.5, 0.6) is 0 Å². The van der Waals surface area contributed by atoms with Crippen molar-refractivity contribution >= 4 is 17.7 Å². The second-order valence-electron chi connectivity index (χ2n) is 16.6. The van der Waals surface area contributed by atoms with Crippen LogP contribution in [-0.4, -0.2) is 70.6 Å². The molecule has 0 aromatic carbocycles. The van der Waals surface area contributed by atoms with Gasteiger partial charge in [0, 0.05) is 58.8 Å². The summed E-state index contributed by atoms with van der Waals surface area (Å²) in [4.78, 5) is 40.0. The molecule has 3 heterocycles. The lowest BCUT2D eigenvalue weighted by Crippen LogP contribution is -2.52. The number of amides is 3. The van der Waals surface area contributed by atoms with Gasteiger partial charge < -0.3 is 31.9 Å². The van der Waals surface area contributed by atoms with Crippen LogP contribution in [0.15, 0.2) is 0 Å². The predicted octanol–water partition coefficient (Wildman–Crippen LogP) is 2.45. The Morgan fingerprint density at radius 3 is 0.925 bits per heavy atom. The van der Waals surface area contributed by atoms with Gasteiger partial charge >= 0.3 is 0 Å². The monoisotopic (exact) mass is 562 g/mol. The Morgan fingerprint density at radius 2 is 0.750 bits per heavy atom. The molecule has 3 fully saturated rings. The fourth-order valence-corrected chi connectivity index (χ4v) is 7.91. The number of rotatable bonds is 9. The van der Waals surface area contributed by atoms with E-state index in [1.165, 1.54) is 0 Å². The van der Waals surface area contributed by atoms with Gasteiger partial charge in [-0.2, -0.15) is 0 Å². The largest absolute Gasteiger partial charge is 0.355 e. The van der Waals surface area contributed by atoms with Gasteiger partial charge in [-0.1, -0.05) is 0 Å². The van der Waals surface area contributed by atoms with Crippen LogP contribution in [0.2, 0.25) is 0 Å². The molecule has 230 valence electrons. The molecule has 40 heavy (non-hydrogen) atoms. The van der Waals surface area contributed by atoms with E-state index in [9.17, 15) is 14.4 Å². The lowest BCUT2D eigenvalue weighted by molar-refractivity contribution is -0.126. The second-order valence-corrected chi connectivity index (χ2v) is 16.6. The maximum Gasteiger partial charge on any atom is 0.225 e. The van der Waals surface area contributed by atoms with Crippen molar-refractivity contribution in [3.05, 3.63) is 0 Å². The standard InChI is InChI=1S/C31H58N6O3/c1-26(2)13-20(29(7,8)35-26)23(38)32-16-19(17-33-24(39)21-14-27(3,4)36-30(21,9)10)18-34-25(40)22-15-28(5,6)37-31(22,11)12/h19-22,35-37H,13-18H2,1-12H3,(H,32,38)(H,33,39)(H,34,40). The maximum atomic E-state index is 13.3. The summed E-state index contributed by atoms with van der Waals surface area (Å²) in [6.45, 7) is 26.3. The first kappa shape index (κ1) is 32.8. The third kappa shape index (κ3) is 7.77. The van der Waals surface area contributed by atoms with E-state index in [4.69, 9.17) is 0 Å². The Kier molecular flexibility index (Phi) is 8.89. The highest BCUT2D eigenvalue weighted by atomic mass is 16.2. The molecule has 0 radical (unpaired) electrons. The molecule has 3 saturated heterocycles. The van der Waals surface area contributed by atoms with E-state index >= 15 is 0 Å². The zero-order valence-corrected chi connectivity index (χ0v) is 27.3. The van der Waals surface area contributed by atoms with Gasteiger partial charge in [-0.15, -0.1) is 0 Å². The molecule has 3 aliphatic heterocycles. The summed E-state index contributed by atoms with van der Waals surface area (Å²) in [5, 5.41) is 20.2. The summed E-state index contributed by atoms with van der Waals surface area (Å²) in [7, 11) is 0. The summed E-state index contributed by atoms with van der Waals surface area (Å²) in [5.74, 6) is -0.588. The lowest BCUT2D eigenvalue weighted by atomic mass is 9.85. The smallest absolute Gasteiger partial charge is 0.225 e. The Morgan fingerprint density at radius 1 is 0.525 bits per heavy atom. The van der Waals surface area contributed by atoms with E-state index in [2.05, 4.69) is 115 Å². The van der Waals surface area contributed by atoms with Gasteiger partial charge in [0.2, 0.25) is 17.7 Å². The minimum Gasteiger partial charge on any atom is -0.355 e. The van der Waals surface area contributed by atoms with Crippen LogP contribution >= 0.6 is 0 Å². The van der Waals surface area contributed by atoms with Crippen molar-refractivity contribution in [2.24, 2.45) is 23.7 Å². The number of nitrogens with one attached hydrogen (secondary N) is 6. The van der Waals surface area contributed by atoms with Crippen molar-refractivity contribution in [3.63, 3.8) is 0 Å². The summed E-state index contributed by atoms with van der Waals surface area (Å²) in [6.07, 6.45) is 2.26. The molecule has 3 amide bonds. The van der Waals surface area contributed by atoms with E-state index in [1.807, 2.05) is 0 Å². The maximum absolute atomic E-state index is 13.3. The SMILES string of the molecule is CC1(C)CC(C(=O)NCC(CNC(=O)C2CC(C)(C)NC2(C)C)CNC(=O)C2CC(C)(C)NC2(C)C)C(C)(C)N1. The first-order valence-electron chi connectivity index (χ1n) is 15.2. The molecule has 0 bridgehead atoms. The molecule has 3 aliphatic rings. The van der Waals surface area contributed by atoms with Crippen molar-refractivity contribution in [1.29, 1.82) is 0 Å². The van der Waals surface area contributed by atoms with Crippen LogP contribution in [0, 0.1) is 23.7 Å². The van der Waals surface area contributed by atoms with Crippen molar-refractivity contribution in [2.45, 2.75) is 136 Å². The average molecular weight is 563 g/mol. The Hall–Kier alpha value is -1.71. The fourth-order valence-electron chi connectivity index (χ4n) is 7.91. The van der Waals surface area contributed by atoms with Gasteiger partial charge in [-0.25, -0.2) is 0 Å². The van der Waals surface area contributed by atoms with Gasteiger partial charge in [0.1, 0.15) is 0 Å². The van der Waals surface area contributed by atoms with Crippen LogP contribution in [-0.2, 0) is 14.4 Å². The third-order valence-electron chi connectivity index (χ3n) is 9.38. The summed E-state index contributed by atoms with van der Waals surface area (Å²) < 4.78 is 0. The van der Waals surface area contributed by atoms with Crippen LogP contribution < -0.4 is 31.9 Å². The van der Waals surface area contributed by atoms with Crippen molar-refractivity contribution < 1.29 is 14.4 Å². The molecule has 9 heteroatoms. The third-order valence-corrected chi connectivity index (χ3v) is 9.38. The molecule has 0 spiro atoms. The Bertz CT molecular complexity index is 860. The van der Waals surface area contributed by atoms with Gasteiger partial charge in [-0.05, 0) is 102 Å². The molecule has 3 atom stereocenters. The first-order valence-corrected chi connectivity index (χ1v) is 15.2. The molecule has 3 rings (SSSR count). The summed E-state index contributed by atoms with van der Waals surface area (Å²) in [5.41, 5.74) is -1.27. The molecule has 6 N–H and O–H groups in total. The minimum absolute atomic E-state index is 0.0106. The fraction of sp³-hybridized carbons (Fsp3) is 0.903. The first-order chi connectivity index (χ1) is 18.0. The van der Waals surface area contributed by atoms with Gasteiger partial charge in [-0.3, -0.25) is 14.4 Å². The van der Waals surface area contributed by atoms with E-state index in [-0.39, 0.29) is 74.6 Å². The molecule has 3 unspecified atom stereocenters. The van der Waals surface area contributed by atoms with Crippen molar-refractivity contribution in [1.82, 2.24) is 31.9 Å². The molecule has 0 saturated carbocycles. The van der Waals surface area contributed by atoms with Crippen molar-refractivity contribution in [2.75, 3.05) is 19.6 Å². The Balaban J connectivity index is 1.66. The highest BCUT2D eigenvalue weighted by Crippen LogP contribution is 2.37. The zero-order chi connectivity index (χ0) is 30.5. The van der Waals surface area contributed by atoms with E-state index in [1.54, 1.807) is 0 Å². The summed E-state index contributed by atoms with van der Waals surface area (Å²) >= 11 is 0. The molecule has 0 aliphatic carbocycles. The highest BCUT2D eigenvalue weighted by Gasteiger charge is 2.49. The number of hydrogen-bond acceptors (Lipinski definition) is 6. The van der Waals surface area contributed by atoms with Gasteiger partial charge in [0.15, 0.2) is 0 Å². The molecule has 9 nitrogen and oxygen atoms in total. The van der Waals surface area contributed by atoms with E-state index in [0.29, 0.717) is 19.6 Å². The molecule has 0 aromatic heterocycles. The topological polar surface area (TPSA) is 123 Å². The minimum atomic E-state index is -0.312. The summed E-state index contributed by atoms with van der Waals surface area (Å²) in [6, 6.07) is 0. The predicted molar refractivity (Wildman–Crippen MR) is 161 cm³/mol. The number of hydrogen-bond donors (Lipinski definition) is 6. The molecular formula is C31H58N6O3. The molecule has 0 aromatic rings. The average Bonchev–Trinajstić information content (AvgIpc) is 3.24. The van der Waals surface area contributed by atoms with Crippen molar-refractivity contribution in [3.8, 4) is 0 Å².